The van der Waals surface area contributed by atoms with E-state index >= 15 is 0 Å². The maximum atomic E-state index is 13.6. The van der Waals surface area contributed by atoms with Gasteiger partial charge in [0.05, 0.1) is 9.85 Å². The van der Waals surface area contributed by atoms with Gasteiger partial charge in [-0.1, -0.05) is 48.5 Å². The van der Waals surface area contributed by atoms with Crippen molar-refractivity contribution in [3.8, 4) is 0 Å². The zero-order valence-corrected chi connectivity index (χ0v) is 17.7. The summed E-state index contributed by atoms with van der Waals surface area (Å²) >= 11 is 0. The van der Waals surface area contributed by atoms with Crippen LogP contribution in [0.15, 0.2) is 97.1 Å². The van der Waals surface area contributed by atoms with E-state index in [4.69, 9.17) is 0 Å². The summed E-state index contributed by atoms with van der Waals surface area (Å²) in [5.74, 6) is -0.358. The van der Waals surface area contributed by atoms with Gasteiger partial charge in [-0.25, -0.2) is 0 Å². The summed E-state index contributed by atoms with van der Waals surface area (Å²) in [7, 11) is 0. The number of para-hydroxylation sites is 6. The van der Waals surface area contributed by atoms with Crippen molar-refractivity contribution in [2.75, 3.05) is 10.6 Å². The van der Waals surface area contributed by atoms with Crippen LogP contribution in [0.5, 0.6) is 0 Å². The highest BCUT2D eigenvalue weighted by molar-refractivity contribution is 6.15. The van der Waals surface area contributed by atoms with Gasteiger partial charge in [-0.3, -0.25) is 25.0 Å². The minimum atomic E-state index is -0.501. The van der Waals surface area contributed by atoms with Crippen molar-refractivity contribution in [1.82, 2.24) is 0 Å². The van der Waals surface area contributed by atoms with Gasteiger partial charge in [0.25, 0.3) is 11.4 Å². The Kier molecular flexibility index (Phi) is 6.26. The Labute approximate surface area is 194 Å². The van der Waals surface area contributed by atoms with Crippen molar-refractivity contribution >= 4 is 39.9 Å². The number of benzene rings is 4. The fourth-order valence-electron chi connectivity index (χ4n) is 3.49. The molecular formula is C25H18N4O5. The molecule has 4 rings (SSSR count). The zero-order chi connectivity index (χ0) is 24.1. The molecule has 168 valence electrons. The average molecular weight is 454 g/mol. The number of hydrogen-bond donors (Lipinski definition) is 2. The number of carbonyl (C=O) groups excluding carboxylic acids is 1. The van der Waals surface area contributed by atoms with Crippen LogP contribution in [-0.4, -0.2) is 15.6 Å². The average Bonchev–Trinajstić information content (AvgIpc) is 2.85. The summed E-state index contributed by atoms with van der Waals surface area (Å²) in [6, 6.07) is 25.6. The van der Waals surface area contributed by atoms with Gasteiger partial charge < -0.3 is 10.6 Å². The van der Waals surface area contributed by atoms with E-state index in [1.807, 2.05) is 0 Å². The third-order valence-corrected chi connectivity index (χ3v) is 5.08. The van der Waals surface area contributed by atoms with Crippen LogP contribution in [0.2, 0.25) is 0 Å². The van der Waals surface area contributed by atoms with Crippen LogP contribution in [-0.2, 0) is 0 Å². The van der Waals surface area contributed by atoms with Gasteiger partial charge in [0.2, 0.25) is 0 Å². The van der Waals surface area contributed by atoms with Crippen LogP contribution in [0.1, 0.15) is 15.9 Å². The SMILES string of the molecule is O=C(c1ccccc1Nc1ccccc1[N+](=O)[O-])c1ccccc1Nc1ccccc1[N+](=O)[O-]. The molecule has 0 aliphatic heterocycles. The number of nitrogens with one attached hydrogen (secondary N) is 2. The van der Waals surface area contributed by atoms with Crippen molar-refractivity contribution < 1.29 is 14.6 Å². The summed E-state index contributed by atoms with van der Waals surface area (Å²) in [5, 5.41) is 28.8. The molecule has 0 amide bonds. The maximum Gasteiger partial charge on any atom is 0.292 e. The van der Waals surface area contributed by atoms with Gasteiger partial charge in [-0.2, -0.15) is 0 Å². The normalized spacial score (nSPS) is 10.4. The lowest BCUT2D eigenvalue weighted by molar-refractivity contribution is -0.384. The summed E-state index contributed by atoms with van der Waals surface area (Å²) < 4.78 is 0. The Morgan fingerprint density at radius 1 is 0.529 bits per heavy atom. The van der Waals surface area contributed by atoms with Crippen molar-refractivity contribution in [3.63, 3.8) is 0 Å². The van der Waals surface area contributed by atoms with Crippen molar-refractivity contribution in [2.24, 2.45) is 0 Å². The highest BCUT2D eigenvalue weighted by atomic mass is 16.6. The lowest BCUT2D eigenvalue weighted by Crippen LogP contribution is -2.09. The monoisotopic (exact) mass is 454 g/mol. The van der Waals surface area contributed by atoms with Crippen molar-refractivity contribution in [1.29, 1.82) is 0 Å². The first-order valence-corrected chi connectivity index (χ1v) is 10.2. The van der Waals surface area contributed by atoms with Crippen molar-refractivity contribution in [2.45, 2.75) is 0 Å². The minimum absolute atomic E-state index is 0.122. The van der Waals surface area contributed by atoms with Gasteiger partial charge >= 0.3 is 0 Å². The van der Waals surface area contributed by atoms with E-state index in [1.54, 1.807) is 84.9 Å². The summed E-state index contributed by atoms with van der Waals surface area (Å²) in [5.41, 5.74) is 1.61. The van der Waals surface area contributed by atoms with Gasteiger partial charge in [0.15, 0.2) is 5.78 Å². The standard InChI is InChI=1S/C25H18N4O5/c30-25(17-9-1-3-11-19(17)26-21-13-5-7-15-23(21)28(31)32)18-10-2-4-12-20(18)27-22-14-6-8-16-24(22)29(33)34/h1-16,26-27H. The van der Waals surface area contributed by atoms with Crippen LogP contribution in [0.25, 0.3) is 0 Å². The van der Waals surface area contributed by atoms with E-state index in [2.05, 4.69) is 10.6 Å². The molecule has 0 aromatic heterocycles. The van der Waals surface area contributed by atoms with E-state index in [0.29, 0.717) is 11.4 Å². The molecule has 4 aromatic rings. The molecule has 0 aliphatic rings. The Bertz CT molecular complexity index is 1300. The molecule has 34 heavy (non-hydrogen) atoms. The molecule has 0 atom stereocenters. The van der Waals surface area contributed by atoms with Crippen LogP contribution in [0, 0.1) is 20.2 Å². The number of ketones is 1. The Balaban J connectivity index is 1.71. The number of rotatable bonds is 8. The predicted molar refractivity (Wildman–Crippen MR) is 129 cm³/mol. The van der Waals surface area contributed by atoms with Gasteiger partial charge in [-0.05, 0) is 36.4 Å². The molecule has 0 fully saturated rings. The first-order chi connectivity index (χ1) is 16.5. The van der Waals surface area contributed by atoms with Gasteiger partial charge in [0.1, 0.15) is 11.4 Å². The first kappa shape index (κ1) is 22.2. The second-order valence-corrected chi connectivity index (χ2v) is 7.22. The molecule has 0 saturated carbocycles. The molecule has 0 heterocycles. The third kappa shape index (κ3) is 4.58. The van der Waals surface area contributed by atoms with Crippen LogP contribution in [0.4, 0.5) is 34.1 Å². The number of anilines is 4. The molecule has 0 saturated heterocycles. The van der Waals surface area contributed by atoms with E-state index in [1.165, 1.54) is 12.1 Å². The van der Waals surface area contributed by atoms with E-state index in [9.17, 15) is 25.0 Å². The second-order valence-electron chi connectivity index (χ2n) is 7.22. The minimum Gasteiger partial charge on any atom is -0.349 e. The Hall–Kier alpha value is -5.05. The number of hydrogen-bond acceptors (Lipinski definition) is 7. The quantitative estimate of drug-likeness (QED) is 0.184. The summed E-state index contributed by atoms with van der Waals surface area (Å²) in [4.78, 5) is 35.3. The molecule has 0 radical (unpaired) electrons. The van der Waals surface area contributed by atoms with Crippen LogP contribution in [0.3, 0.4) is 0 Å². The zero-order valence-electron chi connectivity index (χ0n) is 17.7. The molecule has 0 bridgehead atoms. The molecule has 0 unspecified atom stereocenters. The van der Waals surface area contributed by atoms with Crippen LogP contribution >= 0.6 is 0 Å². The first-order valence-electron chi connectivity index (χ1n) is 10.2. The Morgan fingerprint density at radius 3 is 1.24 bits per heavy atom. The van der Waals surface area contributed by atoms with Gasteiger partial charge in [0, 0.05) is 34.6 Å². The summed E-state index contributed by atoms with van der Waals surface area (Å²) in [6.45, 7) is 0. The molecule has 0 spiro atoms. The van der Waals surface area contributed by atoms with E-state index in [-0.39, 0.29) is 39.7 Å². The molecule has 4 aromatic carbocycles. The fraction of sp³-hybridized carbons (Fsp3) is 0. The topological polar surface area (TPSA) is 127 Å². The number of nitro benzene ring substituents is 2. The van der Waals surface area contributed by atoms with Crippen molar-refractivity contribution in [3.05, 3.63) is 128 Å². The maximum absolute atomic E-state index is 13.6. The second kappa shape index (κ2) is 9.61. The van der Waals surface area contributed by atoms with Crippen LogP contribution < -0.4 is 10.6 Å². The lowest BCUT2D eigenvalue weighted by Gasteiger charge is -2.15. The fourth-order valence-corrected chi connectivity index (χ4v) is 3.49. The molecule has 9 heteroatoms. The lowest BCUT2D eigenvalue weighted by atomic mass is 9.99. The molecule has 0 aliphatic carbocycles. The summed E-state index contributed by atoms with van der Waals surface area (Å²) in [6.07, 6.45) is 0. The third-order valence-electron chi connectivity index (χ3n) is 5.08. The highest BCUT2D eigenvalue weighted by Gasteiger charge is 2.21. The van der Waals surface area contributed by atoms with Gasteiger partial charge in [-0.15, -0.1) is 0 Å². The number of carbonyl (C=O) groups is 1. The molecule has 9 nitrogen and oxygen atoms in total. The van der Waals surface area contributed by atoms with E-state index in [0.717, 1.165) is 0 Å². The number of nitrogens with zero attached hydrogens (tertiary/aromatic N) is 2. The number of nitro groups is 2. The highest BCUT2D eigenvalue weighted by Crippen LogP contribution is 2.33. The smallest absolute Gasteiger partial charge is 0.292 e. The molecular weight excluding hydrogens is 436 g/mol. The predicted octanol–water partition coefficient (Wildman–Crippen LogP) is 6.22. The molecule has 2 N–H and O–H groups in total. The van der Waals surface area contributed by atoms with E-state index < -0.39 is 9.85 Å². The Morgan fingerprint density at radius 2 is 0.853 bits per heavy atom. The largest absolute Gasteiger partial charge is 0.349 e.